The van der Waals surface area contributed by atoms with Crippen LogP contribution in [0.25, 0.3) is 15.9 Å². The molecule has 4 rings (SSSR count). The second-order valence-electron chi connectivity index (χ2n) is 5.96. The third-order valence-electron chi connectivity index (χ3n) is 4.37. The summed E-state index contributed by atoms with van der Waals surface area (Å²) < 4.78 is 1.24. The average molecular weight is 312 g/mol. The molecule has 1 aliphatic carbocycles. The number of nitrogens with zero attached hydrogens (tertiary/aromatic N) is 1. The van der Waals surface area contributed by atoms with Gasteiger partial charge in [-0.2, -0.15) is 0 Å². The van der Waals surface area contributed by atoms with Crippen LogP contribution in [0.4, 0.5) is 0 Å². The minimum atomic E-state index is -0.365. The van der Waals surface area contributed by atoms with Crippen LogP contribution in [0.15, 0.2) is 39.9 Å². The van der Waals surface area contributed by atoms with Crippen molar-refractivity contribution < 1.29 is 0 Å². The molecule has 4 nitrogen and oxygen atoms in total. The summed E-state index contributed by atoms with van der Waals surface area (Å²) >= 11 is 1.57. The SMILES string of the molecule is C[C@H]1CCc2c(sc3[nH]c(=O)n(-c4ccccc4)c(=O)c23)C1. The van der Waals surface area contributed by atoms with Crippen LogP contribution in [0.5, 0.6) is 0 Å². The number of fused-ring (bicyclic) bond motifs is 3. The Morgan fingerprint density at radius 1 is 1.23 bits per heavy atom. The Morgan fingerprint density at radius 2 is 2.00 bits per heavy atom. The molecule has 1 atom stereocenters. The van der Waals surface area contributed by atoms with Crippen LogP contribution in [0, 0.1) is 5.92 Å². The molecule has 112 valence electrons. The first-order valence-electron chi connectivity index (χ1n) is 7.50. The second-order valence-corrected chi connectivity index (χ2v) is 7.07. The molecule has 2 aromatic heterocycles. The van der Waals surface area contributed by atoms with Gasteiger partial charge in [-0.05, 0) is 42.9 Å². The topological polar surface area (TPSA) is 54.9 Å². The number of aromatic amines is 1. The first-order chi connectivity index (χ1) is 10.6. The summed E-state index contributed by atoms with van der Waals surface area (Å²) in [6.07, 6.45) is 3.02. The van der Waals surface area contributed by atoms with E-state index in [0.717, 1.165) is 29.7 Å². The van der Waals surface area contributed by atoms with E-state index in [0.29, 0.717) is 17.0 Å². The Labute approximate surface area is 131 Å². The average Bonchev–Trinajstić information content (AvgIpc) is 2.85. The third kappa shape index (κ3) is 1.96. The first-order valence-corrected chi connectivity index (χ1v) is 8.32. The van der Waals surface area contributed by atoms with Crippen molar-refractivity contribution in [2.75, 3.05) is 0 Å². The summed E-state index contributed by atoms with van der Waals surface area (Å²) in [6, 6.07) is 9.09. The molecule has 1 aromatic carbocycles. The van der Waals surface area contributed by atoms with E-state index in [2.05, 4.69) is 11.9 Å². The Kier molecular flexibility index (Phi) is 3.04. The van der Waals surface area contributed by atoms with Crippen molar-refractivity contribution in [1.82, 2.24) is 9.55 Å². The Balaban J connectivity index is 2.05. The monoisotopic (exact) mass is 312 g/mol. The zero-order valence-corrected chi connectivity index (χ0v) is 13.1. The largest absolute Gasteiger partial charge is 0.334 e. The van der Waals surface area contributed by atoms with Gasteiger partial charge in [0.2, 0.25) is 0 Å². The van der Waals surface area contributed by atoms with Crippen molar-refractivity contribution in [2.45, 2.75) is 26.2 Å². The summed E-state index contributed by atoms with van der Waals surface area (Å²) in [7, 11) is 0. The van der Waals surface area contributed by atoms with Gasteiger partial charge >= 0.3 is 5.69 Å². The molecular weight excluding hydrogens is 296 g/mol. The van der Waals surface area contributed by atoms with Gasteiger partial charge in [0, 0.05) is 4.88 Å². The van der Waals surface area contributed by atoms with Gasteiger partial charge in [0.1, 0.15) is 4.83 Å². The van der Waals surface area contributed by atoms with Gasteiger partial charge in [0.15, 0.2) is 0 Å². The predicted molar refractivity (Wildman–Crippen MR) is 89.2 cm³/mol. The molecule has 3 aromatic rings. The number of aromatic nitrogens is 2. The van der Waals surface area contributed by atoms with Crippen molar-refractivity contribution in [3.05, 3.63) is 61.6 Å². The number of benzene rings is 1. The fraction of sp³-hybridized carbons (Fsp3) is 0.294. The van der Waals surface area contributed by atoms with Gasteiger partial charge in [-0.3, -0.25) is 9.78 Å². The molecule has 0 amide bonds. The molecule has 1 aliphatic rings. The lowest BCUT2D eigenvalue weighted by molar-refractivity contribution is 0.509. The molecule has 2 heterocycles. The summed E-state index contributed by atoms with van der Waals surface area (Å²) in [4.78, 5) is 30.1. The standard InChI is InChI=1S/C17H16N2O2S/c1-10-7-8-12-13(9-10)22-15-14(12)16(20)19(17(21)18-15)11-5-3-2-4-6-11/h2-6,10H,7-9H2,1H3,(H,18,21)/t10-/m0/s1. The quantitative estimate of drug-likeness (QED) is 0.751. The van der Waals surface area contributed by atoms with E-state index in [1.807, 2.05) is 18.2 Å². The van der Waals surface area contributed by atoms with Crippen LogP contribution >= 0.6 is 11.3 Å². The van der Waals surface area contributed by atoms with Gasteiger partial charge < -0.3 is 0 Å². The maximum atomic E-state index is 12.9. The Morgan fingerprint density at radius 3 is 2.77 bits per heavy atom. The highest BCUT2D eigenvalue weighted by Crippen LogP contribution is 2.35. The lowest BCUT2D eigenvalue weighted by Crippen LogP contribution is -2.33. The van der Waals surface area contributed by atoms with Crippen LogP contribution in [0.3, 0.4) is 0 Å². The number of H-pyrrole nitrogens is 1. The number of rotatable bonds is 1. The highest BCUT2D eigenvalue weighted by atomic mass is 32.1. The Bertz CT molecular complexity index is 966. The number of hydrogen-bond donors (Lipinski definition) is 1. The number of hydrogen-bond acceptors (Lipinski definition) is 3. The van der Waals surface area contributed by atoms with E-state index in [-0.39, 0.29) is 11.2 Å². The van der Waals surface area contributed by atoms with Gasteiger partial charge in [-0.25, -0.2) is 9.36 Å². The van der Waals surface area contributed by atoms with Crippen molar-refractivity contribution in [2.24, 2.45) is 5.92 Å². The minimum absolute atomic E-state index is 0.197. The molecule has 0 unspecified atom stereocenters. The number of thiophene rings is 1. The number of aryl methyl sites for hydroxylation is 1. The van der Waals surface area contributed by atoms with Crippen LogP contribution in [-0.2, 0) is 12.8 Å². The normalized spacial score (nSPS) is 17.6. The zero-order valence-electron chi connectivity index (χ0n) is 12.3. The molecule has 0 saturated heterocycles. The molecule has 5 heteroatoms. The molecule has 0 fully saturated rings. The van der Waals surface area contributed by atoms with E-state index >= 15 is 0 Å². The summed E-state index contributed by atoms with van der Waals surface area (Å²) in [5.74, 6) is 0.642. The van der Waals surface area contributed by atoms with Crippen molar-refractivity contribution in [1.29, 1.82) is 0 Å². The lowest BCUT2D eigenvalue weighted by Gasteiger charge is -2.17. The summed E-state index contributed by atoms with van der Waals surface area (Å²) in [5, 5.41) is 0.704. The molecule has 0 saturated carbocycles. The van der Waals surface area contributed by atoms with Gasteiger partial charge in [0.25, 0.3) is 5.56 Å². The first kappa shape index (κ1) is 13.5. The van der Waals surface area contributed by atoms with E-state index in [1.54, 1.807) is 23.5 Å². The molecule has 0 aliphatic heterocycles. The predicted octanol–water partition coefficient (Wildman–Crippen LogP) is 2.87. The van der Waals surface area contributed by atoms with Crippen molar-refractivity contribution in [3.63, 3.8) is 0 Å². The number of para-hydroxylation sites is 1. The maximum absolute atomic E-state index is 12.9. The van der Waals surface area contributed by atoms with Crippen LogP contribution < -0.4 is 11.2 Å². The van der Waals surface area contributed by atoms with Crippen molar-refractivity contribution in [3.8, 4) is 5.69 Å². The number of nitrogens with one attached hydrogen (secondary N) is 1. The zero-order chi connectivity index (χ0) is 15.3. The van der Waals surface area contributed by atoms with Gasteiger partial charge in [-0.15, -0.1) is 11.3 Å². The molecule has 1 N–H and O–H groups in total. The van der Waals surface area contributed by atoms with Crippen LogP contribution in [-0.4, -0.2) is 9.55 Å². The second kappa shape index (κ2) is 4.95. The molecule has 22 heavy (non-hydrogen) atoms. The van der Waals surface area contributed by atoms with Gasteiger partial charge in [0.05, 0.1) is 11.1 Å². The highest BCUT2D eigenvalue weighted by Gasteiger charge is 2.23. The maximum Gasteiger partial charge on any atom is 0.334 e. The smallest absolute Gasteiger partial charge is 0.298 e. The fourth-order valence-corrected chi connectivity index (χ4v) is 4.63. The Hall–Kier alpha value is -2.14. The minimum Gasteiger partial charge on any atom is -0.298 e. The molecule has 0 bridgehead atoms. The van der Waals surface area contributed by atoms with Crippen molar-refractivity contribution >= 4 is 21.6 Å². The van der Waals surface area contributed by atoms with Crippen LogP contribution in [0.2, 0.25) is 0 Å². The van der Waals surface area contributed by atoms with E-state index in [9.17, 15) is 9.59 Å². The summed E-state index contributed by atoms with van der Waals surface area (Å²) in [6.45, 7) is 2.23. The highest BCUT2D eigenvalue weighted by molar-refractivity contribution is 7.18. The van der Waals surface area contributed by atoms with E-state index < -0.39 is 0 Å². The molecule has 0 spiro atoms. The molecule has 0 radical (unpaired) electrons. The fourth-order valence-electron chi connectivity index (χ4n) is 3.23. The third-order valence-corrected chi connectivity index (χ3v) is 5.54. The lowest BCUT2D eigenvalue weighted by atomic mass is 9.89. The van der Waals surface area contributed by atoms with E-state index in [1.165, 1.54) is 9.44 Å². The van der Waals surface area contributed by atoms with E-state index in [4.69, 9.17) is 0 Å². The van der Waals surface area contributed by atoms with Gasteiger partial charge in [-0.1, -0.05) is 25.1 Å². The summed E-state index contributed by atoms with van der Waals surface area (Å²) in [5.41, 5.74) is 1.19. The van der Waals surface area contributed by atoms with Crippen LogP contribution in [0.1, 0.15) is 23.8 Å². The molecular formula is C17H16N2O2S.